The van der Waals surface area contributed by atoms with Gasteiger partial charge in [0.05, 0.1) is 33.1 Å². The van der Waals surface area contributed by atoms with Crippen LogP contribution < -0.4 is 19.7 Å². The number of fused-ring (bicyclic) bond motifs is 1. The number of aromatic nitrogens is 2. The van der Waals surface area contributed by atoms with Crippen molar-refractivity contribution in [2.45, 2.75) is 46.2 Å². The van der Waals surface area contributed by atoms with Gasteiger partial charge in [0.15, 0.2) is 5.69 Å². The second kappa shape index (κ2) is 10.1. The molecule has 1 N–H and O–H groups in total. The highest BCUT2D eigenvalue weighted by Gasteiger charge is 2.49. The fraction of sp³-hybridized carbons (Fsp3) is 0.500. The lowest BCUT2D eigenvalue weighted by Gasteiger charge is -2.43. The van der Waals surface area contributed by atoms with E-state index >= 15 is 0 Å². The van der Waals surface area contributed by atoms with Crippen LogP contribution in [0, 0.1) is 5.92 Å². The third-order valence-corrected chi connectivity index (χ3v) is 5.73. The van der Waals surface area contributed by atoms with E-state index in [9.17, 15) is 14.4 Å². The molecule has 34 heavy (non-hydrogen) atoms. The van der Waals surface area contributed by atoms with E-state index in [-0.39, 0.29) is 30.4 Å². The zero-order chi connectivity index (χ0) is 25.0. The maximum Gasteiger partial charge on any atom is 0.358 e. The van der Waals surface area contributed by atoms with E-state index in [2.05, 4.69) is 24.3 Å². The zero-order valence-electron chi connectivity index (χ0n) is 20.5. The monoisotopic (exact) mass is 472 g/mol. The normalized spacial score (nSPS) is 17.4. The van der Waals surface area contributed by atoms with Crippen molar-refractivity contribution in [2.24, 2.45) is 5.92 Å². The van der Waals surface area contributed by atoms with Crippen molar-refractivity contribution >= 4 is 23.5 Å². The average Bonchev–Trinajstić information content (AvgIpc) is 3.22. The van der Waals surface area contributed by atoms with Crippen molar-refractivity contribution in [2.75, 3.05) is 32.3 Å². The number of carbonyl (C=O) groups is 3. The predicted molar refractivity (Wildman–Crippen MR) is 125 cm³/mol. The molecule has 10 heteroatoms. The third kappa shape index (κ3) is 4.85. The van der Waals surface area contributed by atoms with Crippen LogP contribution in [0.4, 0.5) is 5.69 Å². The molecule has 0 fully saturated rings. The molecule has 0 saturated carbocycles. The Hall–Kier alpha value is -3.56. The zero-order valence-corrected chi connectivity index (χ0v) is 20.5. The Balaban J connectivity index is 2.10. The lowest BCUT2D eigenvalue weighted by atomic mass is 9.93. The SMILES string of the molecule is CCOC(=O)c1cc2n(n1)C[C@](C)(C(=O)NCCC(C)C)N(c1cc(OC)cc(OC)c1)C2=O. The second-order valence-corrected chi connectivity index (χ2v) is 8.72. The van der Waals surface area contributed by atoms with Crippen LogP contribution in [0.1, 0.15) is 55.1 Å². The van der Waals surface area contributed by atoms with E-state index in [1.807, 2.05) is 0 Å². The minimum absolute atomic E-state index is 0.0119. The molecule has 3 rings (SSSR count). The minimum atomic E-state index is -1.34. The topological polar surface area (TPSA) is 112 Å². The van der Waals surface area contributed by atoms with Crippen LogP contribution in [-0.2, 0) is 16.1 Å². The second-order valence-electron chi connectivity index (χ2n) is 8.72. The molecular weight excluding hydrogens is 440 g/mol. The Morgan fingerprint density at radius 1 is 1.15 bits per heavy atom. The quantitative estimate of drug-likeness (QED) is 0.559. The number of rotatable bonds is 9. The molecule has 0 bridgehead atoms. The van der Waals surface area contributed by atoms with Gasteiger partial charge in [-0.05, 0) is 26.2 Å². The molecule has 2 aromatic rings. The van der Waals surface area contributed by atoms with Crippen LogP contribution in [0.25, 0.3) is 0 Å². The summed E-state index contributed by atoms with van der Waals surface area (Å²) in [7, 11) is 3.02. The predicted octanol–water partition coefficient (Wildman–Crippen LogP) is 2.66. The molecule has 0 unspecified atom stereocenters. The van der Waals surface area contributed by atoms with Crippen LogP contribution in [-0.4, -0.2) is 60.5 Å². The number of hydrogen-bond donors (Lipinski definition) is 1. The molecule has 1 aliphatic rings. The first kappa shape index (κ1) is 25.1. The van der Waals surface area contributed by atoms with E-state index in [4.69, 9.17) is 14.2 Å². The molecule has 10 nitrogen and oxygen atoms in total. The molecule has 1 aromatic heterocycles. The van der Waals surface area contributed by atoms with Gasteiger partial charge in [0.25, 0.3) is 5.91 Å². The first-order valence-electron chi connectivity index (χ1n) is 11.3. The molecular formula is C24H32N4O6. The molecule has 0 spiro atoms. The number of anilines is 1. The van der Waals surface area contributed by atoms with Crippen molar-refractivity contribution in [1.29, 1.82) is 0 Å². The van der Waals surface area contributed by atoms with E-state index in [0.717, 1.165) is 6.42 Å². The summed E-state index contributed by atoms with van der Waals surface area (Å²) in [5.41, 5.74) is -0.723. The number of nitrogens with one attached hydrogen (secondary N) is 1. The van der Waals surface area contributed by atoms with Crippen molar-refractivity contribution in [1.82, 2.24) is 15.1 Å². The summed E-state index contributed by atoms with van der Waals surface area (Å²) in [5.74, 6) is -0.0974. The Morgan fingerprint density at radius 3 is 2.35 bits per heavy atom. The smallest absolute Gasteiger partial charge is 0.358 e. The Bertz CT molecular complexity index is 1060. The first-order valence-corrected chi connectivity index (χ1v) is 11.3. The average molecular weight is 473 g/mol. The molecule has 2 amide bonds. The summed E-state index contributed by atoms with van der Waals surface area (Å²) in [6.45, 7) is 8.20. The summed E-state index contributed by atoms with van der Waals surface area (Å²) in [6.07, 6.45) is 0.794. The van der Waals surface area contributed by atoms with Crippen molar-refractivity contribution in [3.63, 3.8) is 0 Å². The number of hydrogen-bond acceptors (Lipinski definition) is 7. The van der Waals surface area contributed by atoms with Crippen LogP contribution in [0.5, 0.6) is 11.5 Å². The van der Waals surface area contributed by atoms with Crippen molar-refractivity contribution < 1.29 is 28.6 Å². The molecule has 2 heterocycles. The van der Waals surface area contributed by atoms with Gasteiger partial charge in [-0.3, -0.25) is 19.2 Å². The summed E-state index contributed by atoms with van der Waals surface area (Å²) in [5, 5.41) is 7.22. The van der Waals surface area contributed by atoms with Gasteiger partial charge in [-0.25, -0.2) is 4.79 Å². The Kier molecular flexibility index (Phi) is 7.48. The summed E-state index contributed by atoms with van der Waals surface area (Å²) >= 11 is 0. The lowest BCUT2D eigenvalue weighted by Crippen LogP contribution is -2.64. The first-order chi connectivity index (χ1) is 16.1. The molecule has 0 radical (unpaired) electrons. The van der Waals surface area contributed by atoms with Gasteiger partial charge in [0.2, 0.25) is 5.91 Å². The molecule has 0 aliphatic carbocycles. The highest BCUT2D eigenvalue weighted by Crippen LogP contribution is 2.37. The van der Waals surface area contributed by atoms with Crippen LogP contribution in [0.2, 0.25) is 0 Å². The van der Waals surface area contributed by atoms with Gasteiger partial charge >= 0.3 is 5.97 Å². The number of carbonyl (C=O) groups excluding carboxylic acids is 3. The van der Waals surface area contributed by atoms with E-state index in [1.165, 1.54) is 29.9 Å². The Labute approximate surface area is 199 Å². The molecule has 1 aromatic carbocycles. The number of methoxy groups -OCH3 is 2. The number of esters is 1. The van der Waals surface area contributed by atoms with E-state index in [0.29, 0.717) is 29.6 Å². The standard InChI is InChI=1S/C24H32N4O6/c1-7-34-22(30)19-13-20-21(29)28(16-10-17(32-5)12-18(11-16)33-6)24(4,14-27(20)26-19)23(31)25-9-8-15(2)3/h10-13,15H,7-9,14H2,1-6H3,(H,25,31)/t24-/m1/s1. The van der Waals surface area contributed by atoms with Gasteiger partial charge in [0, 0.05) is 30.8 Å². The maximum atomic E-state index is 13.8. The summed E-state index contributed by atoms with van der Waals surface area (Å²) in [6, 6.07) is 6.40. The highest BCUT2D eigenvalue weighted by molar-refractivity contribution is 6.12. The Morgan fingerprint density at radius 2 is 1.79 bits per heavy atom. The number of nitrogens with zero attached hydrogens (tertiary/aromatic N) is 3. The van der Waals surface area contributed by atoms with Gasteiger partial charge in [-0.15, -0.1) is 0 Å². The van der Waals surface area contributed by atoms with Crippen LogP contribution >= 0.6 is 0 Å². The van der Waals surface area contributed by atoms with Gasteiger partial charge in [-0.1, -0.05) is 13.8 Å². The molecule has 0 saturated heterocycles. The summed E-state index contributed by atoms with van der Waals surface area (Å²) < 4.78 is 17.2. The highest BCUT2D eigenvalue weighted by atomic mass is 16.5. The van der Waals surface area contributed by atoms with Gasteiger partial charge < -0.3 is 19.5 Å². The third-order valence-electron chi connectivity index (χ3n) is 5.73. The number of ether oxygens (including phenoxy) is 3. The lowest BCUT2D eigenvalue weighted by molar-refractivity contribution is -0.126. The fourth-order valence-corrected chi connectivity index (χ4v) is 3.88. The largest absolute Gasteiger partial charge is 0.497 e. The summed E-state index contributed by atoms with van der Waals surface area (Å²) in [4.78, 5) is 40.9. The van der Waals surface area contributed by atoms with Gasteiger partial charge in [-0.2, -0.15) is 5.10 Å². The number of benzene rings is 1. The van der Waals surface area contributed by atoms with Crippen molar-refractivity contribution in [3.8, 4) is 11.5 Å². The maximum absolute atomic E-state index is 13.8. The molecule has 1 aliphatic heterocycles. The number of amides is 2. The van der Waals surface area contributed by atoms with Crippen LogP contribution in [0.3, 0.4) is 0 Å². The molecule has 1 atom stereocenters. The molecule has 184 valence electrons. The van der Waals surface area contributed by atoms with E-state index < -0.39 is 17.4 Å². The van der Waals surface area contributed by atoms with Gasteiger partial charge in [0.1, 0.15) is 22.7 Å². The van der Waals surface area contributed by atoms with E-state index in [1.54, 1.807) is 32.0 Å². The van der Waals surface area contributed by atoms with Crippen LogP contribution in [0.15, 0.2) is 24.3 Å². The fourth-order valence-electron chi connectivity index (χ4n) is 3.88. The van der Waals surface area contributed by atoms with Crippen molar-refractivity contribution in [3.05, 3.63) is 35.7 Å². The minimum Gasteiger partial charge on any atom is -0.497 e.